The van der Waals surface area contributed by atoms with Gasteiger partial charge in [0.1, 0.15) is 5.82 Å². The van der Waals surface area contributed by atoms with E-state index in [1.54, 1.807) is 29.2 Å². The third kappa shape index (κ3) is 5.15. The van der Waals surface area contributed by atoms with E-state index in [1.807, 2.05) is 37.3 Å². The summed E-state index contributed by atoms with van der Waals surface area (Å²) in [4.78, 5) is 33.6. The number of H-pyrrole nitrogens is 1. The topological polar surface area (TPSA) is 93.8 Å². The SMILES string of the molecule is CCOc1cc(/C=C/c2nc3ccccc3c(=O)[nH]2)ccc1OCC(=O)N1CCOCC1. The fourth-order valence-corrected chi connectivity index (χ4v) is 3.42. The summed E-state index contributed by atoms with van der Waals surface area (Å²) in [5.74, 6) is 1.43. The number of carbonyl (C=O) groups excluding carboxylic acids is 1. The Balaban J connectivity index is 1.48. The van der Waals surface area contributed by atoms with Crippen molar-refractivity contribution in [2.75, 3.05) is 39.5 Å². The van der Waals surface area contributed by atoms with E-state index in [9.17, 15) is 9.59 Å². The normalized spacial score (nSPS) is 14.1. The molecule has 0 spiro atoms. The number of aromatic nitrogens is 2. The van der Waals surface area contributed by atoms with Crippen LogP contribution in [0.3, 0.4) is 0 Å². The molecular formula is C24H25N3O5. The van der Waals surface area contributed by atoms with Gasteiger partial charge in [0.15, 0.2) is 18.1 Å². The second-order valence-electron chi connectivity index (χ2n) is 7.22. The van der Waals surface area contributed by atoms with Crippen LogP contribution in [0.4, 0.5) is 0 Å². The van der Waals surface area contributed by atoms with Gasteiger partial charge in [-0.05, 0) is 42.8 Å². The van der Waals surface area contributed by atoms with Crippen LogP contribution < -0.4 is 15.0 Å². The van der Waals surface area contributed by atoms with E-state index in [1.165, 1.54) is 0 Å². The summed E-state index contributed by atoms with van der Waals surface area (Å²) in [5.41, 5.74) is 1.30. The lowest BCUT2D eigenvalue weighted by molar-refractivity contribution is -0.137. The number of hydrogen-bond donors (Lipinski definition) is 1. The second kappa shape index (κ2) is 10.1. The number of rotatable bonds is 7. The Hall–Kier alpha value is -3.65. The number of para-hydroxylation sites is 1. The van der Waals surface area contributed by atoms with Crippen molar-refractivity contribution in [3.8, 4) is 11.5 Å². The maximum absolute atomic E-state index is 12.3. The highest BCUT2D eigenvalue weighted by Crippen LogP contribution is 2.29. The largest absolute Gasteiger partial charge is 0.490 e. The molecular weight excluding hydrogens is 410 g/mol. The van der Waals surface area contributed by atoms with Crippen molar-refractivity contribution >= 4 is 29.0 Å². The van der Waals surface area contributed by atoms with Crippen LogP contribution in [0.1, 0.15) is 18.3 Å². The van der Waals surface area contributed by atoms with Crippen LogP contribution in [0, 0.1) is 0 Å². The first-order chi connectivity index (χ1) is 15.6. The second-order valence-corrected chi connectivity index (χ2v) is 7.22. The zero-order valence-electron chi connectivity index (χ0n) is 17.9. The molecule has 0 atom stereocenters. The van der Waals surface area contributed by atoms with Gasteiger partial charge in [0.25, 0.3) is 11.5 Å². The predicted octanol–water partition coefficient (Wildman–Crippen LogP) is 2.73. The molecule has 3 aromatic rings. The minimum Gasteiger partial charge on any atom is -0.490 e. The number of aromatic amines is 1. The van der Waals surface area contributed by atoms with Crippen molar-refractivity contribution < 1.29 is 19.0 Å². The van der Waals surface area contributed by atoms with Gasteiger partial charge in [-0.25, -0.2) is 4.98 Å². The van der Waals surface area contributed by atoms with E-state index in [0.29, 0.717) is 61.1 Å². The van der Waals surface area contributed by atoms with Crippen LogP contribution in [-0.2, 0) is 9.53 Å². The molecule has 1 amide bonds. The quantitative estimate of drug-likeness (QED) is 0.613. The lowest BCUT2D eigenvalue weighted by Gasteiger charge is -2.26. The molecule has 0 unspecified atom stereocenters. The van der Waals surface area contributed by atoms with Crippen LogP contribution >= 0.6 is 0 Å². The molecule has 0 bridgehead atoms. The van der Waals surface area contributed by atoms with Gasteiger partial charge < -0.3 is 24.1 Å². The van der Waals surface area contributed by atoms with Crippen LogP contribution in [0.2, 0.25) is 0 Å². The molecule has 2 heterocycles. The number of ether oxygens (including phenoxy) is 3. The molecule has 1 fully saturated rings. The number of nitrogens with one attached hydrogen (secondary N) is 1. The fourth-order valence-electron chi connectivity index (χ4n) is 3.42. The minimum absolute atomic E-state index is 0.0580. The first-order valence-corrected chi connectivity index (χ1v) is 10.6. The number of carbonyl (C=O) groups is 1. The highest BCUT2D eigenvalue weighted by molar-refractivity contribution is 5.79. The summed E-state index contributed by atoms with van der Waals surface area (Å²) in [7, 11) is 0. The molecule has 0 radical (unpaired) electrons. The van der Waals surface area contributed by atoms with Gasteiger partial charge >= 0.3 is 0 Å². The minimum atomic E-state index is -0.182. The van der Waals surface area contributed by atoms with E-state index in [-0.39, 0.29) is 18.1 Å². The third-order valence-corrected chi connectivity index (χ3v) is 5.05. The zero-order chi connectivity index (χ0) is 22.3. The standard InChI is InChI=1S/C24H25N3O5/c1-2-31-21-15-17(7-9-20(21)32-16-23(28)27-11-13-30-14-12-27)8-10-22-25-19-6-4-3-5-18(19)24(29)26-22/h3-10,15H,2,11-14,16H2,1H3,(H,25,26,29)/b10-8+. The van der Waals surface area contributed by atoms with Gasteiger partial charge in [0, 0.05) is 13.1 Å². The van der Waals surface area contributed by atoms with Crippen LogP contribution in [0.5, 0.6) is 11.5 Å². The number of fused-ring (bicyclic) bond motifs is 1. The Bertz CT molecular complexity index is 1180. The van der Waals surface area contributed by atoms with E-state index >= 15 is 0 Å². The highest BCUT2D eigenvalue weighted by Gasteiger charge is 2.18. The van der Waals surface area contributed by atoms with E-state index < -0.39 is 0 Å². The summed E-state index contributed by atoms with van der Waals surface area (Å²) < 4.78 is 16.7. The Morgan fingerprint density at radius 3 is 2.75 bits per heavy atom. The third-order valence-electron chi connectivity index (χ3n) is 5.05. The van der Waals surface area contributed by atoms with Crippen LogP contribution in [0.15, 0.2) is 47.3 Å². The van der Waals surface area contributed by atoms with Crippen molar-refractivity contribution in [2.24, 2.45) is 0 Å². The van der Waals surface area contributed by atoms with Crippen molar-refractivity contribution in [1.29, 1.82) is 0 Å². The monoisotopic (exact) mass is 435 g/mol. The van der Waals surface area contributed by atoms with E-state index in [0.717, 1.165) is 5.56 Å². The molecule has 8 heteroatoms. The molecule has 32 heavy (non-hydrogen) atoms. The Kier molecular flexibility index (Phi) is 6.81. The van der Waals surface area contributed by atoms with Crippen molar-refractivity contribution in [2.45, 2.75) is 6.92 Å². The highest BCUT2D eigenvalue weighted by atomic mass is 16.5. The molecule has 4 rings (SSSR count). The molecule has 1 aliphatic heterocycles. The van der Waals surface area contributed by atoms with Crippen molar-refractivity contribution in [1.82, 2.24) is 14.9 Å². The van der Waals surface area contributed by atoms with Crippen LogP contribution in [-0.4, -0.2) is 60.3 Å². The van der Waals surface area contributed by atoms with Gasteiger partial charge in [0.05, 0.1) is 30.7 Å². The molecule has 1 saturated heterocycles. The number of nitrogens with zero attached hydrogens (tertiary/aromatic N) is 2. The molecule has 1 aliphatic rings. The Morgan fingerprint density at radius 2 is 1.94 bits per heavy atom. The van der Waals surface area contributed by atoms with Gasteiger partial charge in [-0.15, -0.1) is 0 Å². The van der Waals surface area contributed by atoms with Crippen molar-refractivity contribution in [3.05, 3.63) is 64.2 Å². The first-order valence-electron chi connectivity index (χ1n) is 10.6. The summed E-state index contributed by atoms with van der Waals surface area (Å²) >= 11 is 0. The Labute approximate surface area is 185 Å². The predicted molar refractivity (Wildman–Crippen MR) is 122 cm³/mol. The average Bonchev–Trinajstić information content (AvgIpc) is 2.83. The maximum Gasteiger partial charge on any atom is 0.260 e. The number of hydrogen-bond acceptors (Lipinski definition) is 6. The van der Waals surface area contributed by atoms with Gasteiger partial charge in [-0.3, -0.25) is 9.59 Å². The summed E-state index contributed by atoms with van der Waals surface area (Å²) in [6.07, 6.45) is 3.57. The van der Waals surface area contributed by atoms with E-state index in [2.05, 4.69) is 9.97 Å². The zero-order valence-corrected chi connectivity index (χ0v) is 17.9. The number of amides is 1. The van der Waals surface area contributed by atoms with Gasteiger partial charge in [-0.2, -0.15) is 0 Å². The van der Waals surface area contributed by atoms with E-state index in [4.69, 9.17) is 14.2 Å². The molecule has 166 valence electrons. The summed E-state index contributed by atoms with van der Waals surface area (Å²) in [5, 5.41) is 0.552. The first kappa shape index (κ1) is 21.6. The number of benzene rings is 2. The van der Waals surface area contributed by atoms with Gasteiger partial charge in [-0.1, -0.05) is 24.3 Å². The summed E-state index contributed by atoms with van der Waals surface area (Å²) in [6.45, 7) is 4.54. The van der Waals surface area contributed by atoms with Gasteiger partial charge in [0.2, 0.25) is 0 Å². The number of morpholine rings is 1. The lowest BCUT2D eigenvalue weighted by atomic mass is 10.2. The average molecular weight is 435 g/mol. The molecule has 2 aromatic carbocycles. The molecule has 0 saturated carbocycles. The fraction of sp³-hybridized carbons (Fsp3) is 0.292. The molecule has 8 nitrogen and oxygen atoms in total. The molecule has 0 aliphatic carbocycles. The van der Waals surface area contributed by atoms with Crippen LogP contribution in [0.25, 0.3) is 23.1 Å². The van der Waals surface area contributed by atoms with Crippen molar-refractivity contribution in [3.63, 3.8) is 0 Å². The Morgan fingerprint density at radius 1 is 1.12 bits per heavy atom. The molecule has 1 aromatic heterocycles. The maximum atomic E-state index is 12.3. The smallest absolute Gasteiger partial charge is 0.260 e. The summed E-state index contributed by atoms with van der Waals surface area (Å²) in [6, 6.07) is 12.7. The lowest BCUT2D eigenvalue weighted by Crippen LogP contribution is -2.43. The molecule has 1 N–H and O–H groups in total.